The Morgan fingerprint density at radius 1 is 1.32 bits per heavy atom. The zero-order chi connectivity index (χ0) is 22.6. The van der Waals surface area contributed by atoms with Crippen molar-refractivity contribution in [2.75, 3.05) is 18.5 Å². The Bertz CT molecular complexity index is 1170. The van der Waals surface area contributed by atoms with Crippen LogP contribution < -0.4 is 5.32 Å². The maximum Gasteiger partial charge on any atom is 0.390 e. The van der Waals surface area contributed by atoms with E-state index in [1.54, 1.807) is 35.9 Å². The fraction of sp³-hybridized carbons (Fsp3) is 0.318. The Morgan fingerprint density at radius 2 is 2.10 bits per heavy atom. The summed E-state index contributed by atoms with van der Waals surface area (Å²) in [5.41, 5.74) is 3.53. The van der Waals surface area contributed by atoms with Crippen LogP contribution in [0.3, 0.4) is 0 Å². The zero-order valence-corrected chi connectivity index (χ0v) is 17.0. The topological polar surface area (TPSA) is 79.5 Å². The number of halogens is 3. The van der Waals surface area contributed by atoms with Gasteiger partial charge in [-0.3, -0.25) is 9.20 Å². The number of hydrogen-bond acceptors (Lipinski definition) is 5. The van der Waals surface area contributed by atoms with Crippen molar-refractivity contribution in [3.8, 4) is 23.1 Å². The predicted octanol–water partition coefficient (Wildman–Crippen LogP) is 4.01. The molecule has 0 saturated heterocycles. The van der Waals surface area contributed by atoms with Crippen LogP contribution in [0.5, 0.6) is 0 Å². The molecule has 3 aromatic rings. The third-order valence-corrected chi connectivity index (χ3v) is 4.63. The molecule has 2 N–H and O–H groups in total. The van der Waals surface area contributed by atoms with Crippen molar-refractivity contribution in [2.45, 2.75) is 32.9 Å². The first-order chi connectivity index (χ1) is 14.7. The van der Waals surface area contributed by atoms with E-state index in [-0.39, 0.29) is 30.4 Å². The maximum atomic E-state index is 12.5. The van der Waals surface area contributed by atoms with E-state index in [1.807, 2.05) is 13.0 Å². The summed E-state index contributed by atoms with van der Waals surface area (Å²) in [7, 11) is 0. The molecule has 9 heteroatoms. The molecule has 0 atom stereocenters. The van der Waals surface area contributed by atoms with E-state index in [0.29, 0.717) is 23.3 Å². The molecule has 2 aromatic heterocycles. The fourth-order valence-corrected chi connectivity index (χ4v) is 3.16. The molecule has 0 unspecified atom stereocenters. The fourth-order valence-electron chi connectivity index (χ4n) is 3.16. The van der Waals surface area contributed by atoms with E-state index in [0.717, 1.165) is 11.1 Å². The first-order valence-electron chi connectivity index (χ1n) is 9.66. The summed E-state index contributed by atoms with van der Waals surface area (Å²) in [5.74, 6) is 5.37. The van der Waals surface area contributed by atoms with Crippen LogP contribution in [-0.4, -0.2) is 44.6 Å². The quantitative estimate of drug-likeness (QED) is 0.456. The van der Waals surface area contributed by atoms with Crippen LogP contribution in [0, 0.1) is 18.8 Å². The number of benzene rings is 1. The number of aliphatic hydroxyl groups excluding tert-OH is 1. The summed E-state index contributed by atoms with van der Waals surface area (Å²) < 4.78 is 39.3. The van der Waals surface area contributed by atoms with Crippen molar-refractivity contribution >= 4 is 17.2 Å². The van der Waals surface area contributed by atoms with Crippen LogP contribution >= 0.6 is 0 Å². The molecule has 0 fully saturated rings. The van der Waals surface area contributed by atoms with Crippen LogP contribution in [-0.2, 0) is 0 Å². The maximum absolute atomic E-state index is 12.5. The van der Waals surface area contributed by atoms with Crippen LogP contribution in [0.2, 0.25) is 0 Å². The van der Waals surface area contributed by atoms with Crippen molar-refractivity contribution in [1.82, 2.24) is 14.4 Å². The minimum atomic E-state index is -4.30. The van der Waals surface area contributed by atoms with Gasteiger partial charge in [-0.25, -0.2) is 9.97 Å². The summed E-state index contributed by atoms with van der Waals surface area (Å²) in [6, 6.07) is 5.42. The Morgan fingerprint density at radius 3 is 2.74 bits per heavy atom. The smallest absolute Gasteiger partial charge is 0.384 e. The second-order valence-corrected chi connectivity index (χ2v) is 6.87. The second-order valence-electron chi connectivity index (χ2n) is 6.87. The number of carbonyl (C=O) groups excluding carboxylic acids is 1. The standard InChI is InChI=1S/C22H21F3N4O2/c1-3-19(31)17-7-6-15(11-14(17)2)18-12-27-21-20(26-9-8-22(23,24)25)28-16(5-4-10-30)13-29(18)21/h6-7,11-13,30H,3,8-10H2,1-2H3,(H,26,28). The number of hydrogen-bond donors (Lipinski definition) is 2. The van der Waals surface area contributed by atoms with E-state index in [4.69, 9.17) is 5.11 Å². The monoisotopic (exact) mass is 430 g/mol. The van der Waals surface area contributed by atoms with Gasteiger partial charge in [0.05, 0.1) is 18.3 Å². The molecule has 0 radical (unpaired) electrons. The number of ketones is 1. The van der Waals surface area contributed by atoms with Crippen molar-refractivity contribution < 1.29 is 23.1 Å². The minimum Gasteiger partial charge on any atom is -0.384 e. The summed E-state index contributed by atoms with van der Waals surface area (Å²) in [4.78, 5) is 20.6. The number of imidazole rings is 1. The van der Waals surface area contributed by atoms with Gasteiger partial charge in [0.25, 0.3) is 0 Å². The van der Waals surface area contributed by atoms with Crippen LogP contribution in [0.15, 0.2) is 30.6 Å². The molecule has 31 heavy (non-hydrogen) atoms. The molecule has 0 bridgehead atoms. The Balaban J connectivity index is 2.06. The number of nitrogens with zero attached hydrogens (tertiary/aromatic N) is 3. The third kappa shape index (κ3) is 5.22. The van der Waals surface area contributed by atoms with E-state index in [1.165, 1.54) is 0 Å². The van der Waals surface area contributed by atoms with Gasteiger partial charge >= 0.3 is 6.18 Å². The number of aliphatic hydroxyl groups is 1. The first kappa shape index (κ1) is 22.3. The SMILES string of the molecule is CCC(=O)c1ccc(-c2cnc3c(NCCC(F)(F)F)nc(C#CCO)cn23)cc1C. The van der Waals surface area contributed by atoms with Crippen molar-refractivity contribution in [1.29, 1.82) is 0 Å². The molecule has 1 aromatic carbocycles. The highest BCUT2D eigenvalue weighted by atomic mass is 19.4. The van der Waals surface area contributed by atoms with Crippen molar-refractivity contribution in [3.63, 3.8) is 0 Å². The minimum absolute atomic E-state index is 0.0455. The molecule has 0 aliphatic rings. The van der Waals surface area contributed by atoms with Crippen LogP contribution in [0.25, 0.3) is 16.9 Å². The van der Waals surface area contributed by atoms with E-state index in [2.05, 4.69) is 27.1 Å². The predicted molar refractivity (Wildman–Crippen MR) is 111 cm³/mol. The Kier molecular flexibility index (Phi) is 6.61. The largest absolute Gasteiger partial charge is 0.390 e. The number of aryl methyl sites for hydroxylation is 1. The van der Waals surface area contributed by atoms with Gasteiger partial charge in [0.1, 0.15) is 12.3 Å². The molecule has 0 aliphatic carbocycles. The Hall–Kier alpha value is -3.38. The number of alkyl halides is 3. The molecule has 0 aliphatic heterocycles. The number of rotatable bonds is 6. The van der Waals surface area contributed by atoms with Gasteiger partial charge in [0, 0.05) is 30.3 Å². The number of carbonyl (C=O) groups is 1. The van der Waals surface area contributed by atoms with Gasteiger partial charge in [0.2, 0.25) is 0 Å². The zero-order valence-electron chi connectivity index (χ0n) is 17.0. The lowest BCUT2D eigenvalue weighted by molar-refractivity contribution is -0.131. The summed E-state index contributed by atoms with van der Waals surface area (Å²) in [6.07, 6.45) is -1.72. The number of nitrogens with one attached hydrogen (secondary N) is 1. The molecule has 3 rings (SSSR count). The average molecular weight is 430 g/mol. The highest BCUT2D eigenvalue weighted by molar-refractivity contribution is 5.97. The van der Waals surface area contributed by atoms with Gasteiger partial charge in [-0.1, -0.05) is 25.0 Å². The van der Waals surface area contributed by atoms with E-state index in [9.17, 15) is 18.0 Å². The molecule has 2 heterocycles. The number of anilines is 1. The van der Waals surface area contributed by atoms with Gasteiger partial charge < -0.3 is 10.4 Å². The molecule has 162 valence electrons. The number of aromatic nitrogens is 3. The van der Waals surface area contributed by atoms with Gasteiger partial charge in [-0.05, 0) is 24.5 Å². The lowest BCUT2D eigenvalue weighted by atomic mass is 9.99. The normalized spacial score (nSPS) is 11.3. The van der Waals surface area contributed by atoms with E-state index < -0.39 is 12.6 Å². The van der Waals surface area contributed by atoms with Crippen LogP contribution in [0.1, 0.15) is 41.4 Å². The van der Waals surface area contributed by atoms with Gasteiger partial charge in [-0.15, -0.1) is 0 Å². The highest BCUT2D eigenvalue weighted by Gasteiger charge is 2.26. The summed E-state index contributed by atoms with van der Waals surface area (Å²) in [5, 5.41) is 11.6. The molecular formula is C22H21F3N4O2. The number of fused-ring (bicyclic) bond motifs is 1. The number of Topliss-reactive ketones (excluding diaryl/α,β-unsaturated/α-hetero) is 1. The van der Waals surface area contributed by atoms with Gasteiger partial charge in [-0.2, -0.15) is 13.2 Å². The summed E-state index contributed by atoms with van der Waals surface area (Å²) >= 11 is 0. The third-order valence-electron chi connectivity index (χ3n) is 4.63. The highest BCUT2D eigenvalue weighted by Crippen LogP contribution is 2.27. The van der Waals surface area contributed by atoms with E-state index >= 15 is 0 Å². The molecular weight excluding hydrogens is 409 g/mol. The molecule has 0 spiro atoms. The lowest BCUT2D eigenvalue weighted by Crippen LogP contribution is -2.16. The van der Waals surface area contributed by atoms with Crippen molar-refractivity contribution in [3.05, 3.63) is 47.4 Å². The second kappa shape index (κ2) is 9.18. The molecule has 0 amide bonds. The molecule has 6 nitrogen and oxygen atoms in total. The molecule has 0 saturated carbocycles. The van der Waals surface area contributed by atoms with Crippen molar-refractivity contribution in [2.24, 2.45) is 0 Å². The lowest BCUT2D eigenvalue weighted by Gasteiger charge is -2.11. The average Bonchev–Trinajstić information content (AvgIpc) is 3.14. The summed E-state index contributed by atoms with van der Waals surface area (Å²) in [6.45, 7) is 2.91. The Labute approximate surface area is 177 Å². The first-order valence-corrected chi connectivity index (χ1v) is 9.66. The van der Waals surface area contributed by atoms with Gasteiger partial charge in [0.15, 0.2) is 17.2 Å². The van der Waals surface area contributed by atoms with Crippen LogP contribution in [0.4, 0.5) is 19.0 Å².